The van der Waals surface area contributed by atoms with Gasteiger partial charge in [0.25, 0.3) is 15.9 Å². The molecule has 3 N–H and O–H groups in total. The van der Waals surface area contributed by atoms with E-state index < -0.39 is 33.3 Å². The summed E-state index contributed by atoms with van der Waals surface area (Å²) in [4.78, 5) is 13.9. The molecule has 0 aliphatic carbocycles. The Bertz CT molecular complexity index is 1080. The molecule has 0 bridgehead atoms. The van der Waals surface area contributed by atoms with Gasteiger partial charge in [0.05, 0.1) is 34.7 Å². The van der Waals surface area contributed by atoms with Gasteiger partial charge in [-0.25, -0.2) is 12.8 Å². The summed E-state index contributed by atoms with van der Waals surface area (Å²) in [6, 6.07) is 9.07. The van der Waals surface area contributed by atoms with Gasteiger partial charge in [-0.15, -0.1) is 5.17 Å². The van der Waals surface area contributed by atoms with Crippen molar-refractivity contribution in [2.75, 3.05) is 13.2 Å². The number of hydrogen-bond donors (Lipinski definition) is 3. The second-order valence-corrected chi connectivity index (χ2v) is 9.72. The quantitative estimate of drug-likeness (QED) is 0.403. The Morgan fingerprint density at radius 1 is 1.34 bits per heavy atom. The van der Waals surface area contributed by atoms with E-state index in [-0.39, 0.29) is 41.3 Å². The van der Waals surface area contributed by atoms with Crippen LogP contribution in [-0.2, 0) is 26.2 Å². The lowest BCUT2D eigenvalue weighted by Gasteiger charge is -2.34. The number of sulfonamides is 1. The van der Waals surface area contributed by atoms with Gasteiger partial charge in [0.1, 0.15) is 18.2 Å². The van der Waals surface area contributed by atoms with Crippen molar-refractivity contribution in [3.05, 3.63) is 58.9 Å². The molecule has 0 saturated carbocycles. The number of hydrazine groups is 1. The van der Waals surface area contributed by atoms with Crippen LogP contribution < -0.4 is 9.57 Å². The first-order valence-corrected chi connectivity index (χ1v) is 11.4. The summed E-state index contributed by atoms with van der Waals surface area (Å²) >= 11 is 5.94. The second-order valence-electron chi connectivity index (χ2n) is 7.65. The number of nitrogens with zero attached hydrogens (tertiary/aromatic N) is 1. The molecule has 1 aliphatic rings. The van der Waals surface area contributed by atoms with E-state index >= 15 is 0 Å². The zero-order valence-corrected chi connectivity index (χ0v) is 18.6. The first kappa shape index (κ1) is 24.4. The van der Waals surface area contributed by atoms with Crippen molar-refractivity contribution in [2.45, 2.75) is 30.4 Å². The van der Waals surface area contributed by atoms with Crippen LogP contribution in [-0.4, -0.2) is 48.6 Å². The smallest absolute Gasteiger partial charge is 0.267 e. The van der Waals surface area contributed by atoms with Crippen LogP contribution in [0, 0.1) is 11.7 Å². The summed E-state index contributed by atoms with van der Waals surface area (Å²) in [6.07, 6.45) is 0.00866. The molecule has 1 fully saturated rings. The van der Waals surface area contributed by atoms with Crippen LogP contribution in [0.15, 0.2) is 47.4 Å². The third kappa shape index (κ3) is 6.15. The van der Waals surface area contributed by atoms with Crippen molar-refractivity contribution in [3.8, 4) is 5.75 Å². The van der Waals surface area contributed by atoms with E-state index in [1.807, 2.05) is 0 Å². The largest absolute Gasteiger partial charge is 0.489 e. The summed E-state index contributed by atoms with van der Waals surface area (Å²) in [6.45, 7) is 1.50. The number of carbonyl (C=O) groups excluding carboxylic acids is 1. The molecule has 1 amide bonds. The Kier molecular flexibility index (Phi) is 7.38. The van der Waals surface area contributed by atoms with E-state index in [1.54, 1.807) is 4.83 Å². The maximum Gasteiger partial charge on any atom is 0.267 e. The van der Waals surface area contributed by atoms with Crippen molar-refractivity contribution in [1.82, 2.24) is 10.0 Å². The monoisotopic (exact) mass is 488 g/mol. The highest BCUT2D eigenvalue weighted by atomic mass is 35.5. The number of hydroxylamine groups is 1. The molecule has 2 atom stereocenters. The molecule has 0 radical (unpaired) electrons. The number of amides is 1. The van der Waals surface area contributed by atoms with E-state index in [4.69, 9.17) is 21.1 Å². The summed E-state index contributed by atoms with van der Waals surface area (Å²) in [7, 11) is -4.28. The third-order valence-electron chi connectivity index (χ3n) is 4.73. The number of carbonyl (C=O) groups is 1. The van der Waals surface area contributed by atoms with Crippen LogP contribution in [0.3, 0.4) is 0 Å². The Morgan fingerprint density at radius 3 is 2.66 bits per heavy atom. The minimum Gasteiger partial charge on any atom is -0.489 e. The fourth-order valence-electron chi connectivity index (χ4n) is 3.13. The highest BCUT2D eigenvalue weighted by molar-refractivity contribution is 7.89. The molecule has 32 heavy (non-hydrogen) atoms. The van der Waals surface area contributed by atoms with Crippen molar-refractivity contribution in [3.63, 3.8) is 0 Å². The highest BCUT2D eigenvalue weighted by Crippen LogP contribution is 2.25. The van der Waals surface area contributed by atoms with Crippen LogP contribution >= 0.6 is 11.6 Å². The molecule has 2 unspecified atom stereocenters. The molecule has 0 spiro atoms. The predicted molar refractivity (Wildman–Crippen MR) is 111 cm³/mol. The van der Waals surface area contributed by atoms with Gasteiger partial charge in [-0.3, -0.25) is 10.0 Å². The van der Waals surface area contributed by atoms with Gasteiger partial charge in [0.2, 0.25) is 0 Å². The topological polar surface area (TPSA) is 125 Å². The van der Waals surface area contributed by atoms with E-state index in [2.05, 4.69) is 0 Å². The number of rotatable bonds is 7. The average Bonchev–Trinajstić information content (AvgIpc) is 2.72. The molecule has 0 aromatic heterocycles. The standard InChI is InChI=1S/C20H22ClFN2O7S/c1-20(26)9-14(10-30-12-20)19(25)24(27)23-32(28,29)17-6-4-16(5-7-17)31-11-13-2-3-15(22)8-18(13)21/h2-8,14,23,26-27H,9-12H2,1H3. The number of nitrogens with one attached hydrogen (secondary N) is 1. The Labute approximate surface area is 189 Å². The summed E-state index contributed by atoms with van der Waals surface area (Å²) in [5.74, 6) is -2.02. The minimum atomic E-state index is -4.28. The molecule has 3 rings (SSSR count). The molecule has 1 saturated heterocycles. The number of aliphatic hydroxyl groups is 1. The van der Waals surface area contributed by atoms with E-state index in [1.165, 1.54) is 43.3 Å². The van der Waals surface area contributed by atoms with Gasteiger partial charge in [0.15, 0.2) is 0 Å². The lowest BCUT2D eigenvalue weighted by molar-refractivity contribution is -0.188. The number of halogens is 2. The summed E-state index contributed by atoms with van der Waals surface area (Å²) in [5.41, 5.74) is -0.710. The van der Waals surface area contributed by atoms with Crippen LogP contribution in [0.4, 0.5) is 4.39 Å². The molecule has 2 aromatic carbocycles. The number of ether oxygens (including phenoxy) is 2. The summed E-state index contributed by atoms with van der Waals surface area (Å²) in [5, 5.41) is 20.0. The normalized spacial score (nSPS) is 21.2. The SMILES string of the molecule is CC1(O)COCC(C(=O)N(O)NS(=O)(=O)c2ccc(OCc3ccc(F)cc3Cl)cc2)C1. The maximum absolute atomic E-state index is 13.1. The van der Waals surface area contributed by atoms with Gasteiger partial charge in [0, 0.05) is 5.56 Å². The maximum atomic E-state index is 13.1. The first-order valence-electron chi connectivity index (χ1n) is 9.49. The Morgan fingerprint density at radius 2 is 2.03 bits per heavy atom. The number of hydrogen-bond acceptors (Lipinski definition) is 7. The van der Waals surface area contributed by atoms with Gasteiger partial charge in [-0.1, -0.05) is 22.5 Å². The van der Waals surface area contributed by atoms with Crippen molar-refractivity contribution in [1.29, 1.82) is 0 Å². The van der Waals surface area contributed by atoms with Gasteiger partial charge >= 0.3 is 0 Å². The third-order valence-corrected chi connectivity index (χ3v) is 6.38. The molecule has 1 aliphatic heterocycles. The van der Waals surface area contributed by atoms with Crippen LogP contribution in [0.2, 0.25) is 5.02 Å². The lowest BCUT2D eigenvalue weighted by atomic mass is 9.90. The van der Waals surface area contributed by atoms with Gasteiger partial charge in [-0.2, -0.15) is 0 Å². The molecule has 12 heteroatoms. The fourth-order valence-corrected chi connectivity index (χ4v) is 4.27. The Balaban J connectivity index is 1.61. The van der Waals surface area contributed by atoms with E-state index in [0.717, 1.165) is 6.07 Å². The van der Waals surface area contributed by atoms with Crippen LogP contribution in [0.25, 0.3) is 0 Å². The molecular weight excluding hydrogens is 467 g/mol. The highest BCUT2D eigenvalue weighted by Gasteiger charge is 2.37. The number of benzene rings is 2. The van der Waals surface area contributed by atoms with Crippen LogP contribution in [0.1, 0.15) is 18.9 Å². The van der Waals surface area contributed by atoms with Crippen molar-refractivity contribution >= 4 is 27.5 Å². The zero-order valence-electron chi connectivity index (χ0n) is 17.0. The molecule has 174 valence electrons. The zero-order chi connectivity index (χ0) is 23.5. The minimum absolute atomic E-state index is 0.00866. The lowest BCUT2D eigenvalue weighted by Crippen LogP contribution is -2.51. The molecule has 9 nitrogen and oxygen atoms in total. The molecule has 1 heterocycles. The first-order chi connectivity index (χ1) is 15.0. The fraction of sp³-hybridized carbons (Fsp3) is 0.350. The Hall–Kier alpha value is -2.28. The predicted octanol–water partition coefficient (Wildman–Crippen LogP) is 2.26. The second kappa shape index (κ2) is 9.69. The van der Waals surface area contributed by atoms with Crippen molar-refractivity contribution < 1.29 is 37.4 Å². The van der Waals surface area contributed by atoms with Gasteiger partial charge in [-0.05, 0) is 49.7 Å². The van der Waals surface area contributed by atoms with E-state index in [9.17, 15) is 27.9 Å². The molecule has 2 aromatic rings. The van der Waals surface area contributed by atoms with Crippen LogP contribution in [0.5, 0.6) is 5.75 Å². The van der Waals surface area contributed by atoms with E-state index in [0.29, 0.717) is 11.3 Å². The summed E-state index contributed by atoms with van der Waals surface area (Å²) < 4.78 is 48.7. The molecular formula is C20H22ClFN2O7S. The average molecular weight is 489 g/mol. The van der Waals surface area contributed by atoms with Gasteiger partial charge < -0.3 is 14.6 Å². The van der Waals surface area contributed by atoms with Crippen molar-refractivity contribution in [2.24, 2.45) is 5.92 Å².